The van der Waals surface area contributed by atoms with Crippen molar-refractivity contribution in [2.75, 3.05) is 13.1 Å². The summed E-state index contributed by atoms with van der Waals surface area (Å²) in [6, 6.07) is 7.23. The van der Waals surface area contributed by atoms with Gasteiger partial charge in [-0.25, -0.2) is 13.1 Å². The third-order valence-corrected chi connectivity index (χ3v) is 4.34. The van der Waals surface area contributed by atoms with Crippen LogP contribution < -0.4 is 10.0 Å². The van der Waals surface area contributed by atoms with Crippen molar-refractivity contribution in [3.8, 4) is 0 Å². The van der Waals surface area contributed by atoms with E-state index in [0.29, 0.717) is 11.4 Å². The molecule has 0 saturated heterocycles. The van der Waals surface area contributed by atoms with Gasteiger partial charge in [-0.15, -0.1) is 12.4 Å². The largest absolute Gasteiger partial charge is 0.313 e. The molecule has 0 amide bonds. The monoisotopic (exact) mass is 320 g/mol. The Bertz CT molecular complexity index is 474. The van der Waals surface area contributed by atoms with Crippen LogP contribution in [0.5, 0.6) is 0 Å². The van der Waals surface area contributed by atoms with E-state index in [-0.39, 0.29) is 18.4 Å². The third kappa shape index (κ3) is 6.22. The lowest BCUT2D eigenvalue weighted by molar-refractivity contribution is 0.536. The minimum atomic E-state index is -3.40. The van der Waals surface area contributed by atoms with Crippen LogP contribution in [0.3, 0.4) is 0 Å². The predicted molar refractivity (Wildman–Crippen MR) is 86.0 cm³/mol. The topological polar surface area (TPSA) is 58.2 Å². The second kappa shape index (κ2) is 9.34. The fraction of sp³-hybridized carbons (Fsp3) is 0.571. The zero-order valence-corrected chi connectivity index (χ0v) is 14.0. The molecule has 1 atom stereocenters. The molecule has 1 aromatic rings. The smallest absolute Gasteiger partial charge is 0.240 e. The molecule has 0 radical (unpaired) electrons. The number of aryl methyl sites for hydroxylation is 1. The van der Waals surface area contributed by atoms with E-state index in [1.165, 1.54) is 5.56 Å². The van der Waals surface area contributed by atoms with Gasteiger partial charge in [0.25, 0.3) is 0 Å². The van der Waals surface area contributed by atoms with Crippen molar-refractivity contribution in [3.05, 3.63) is 29.8 Å². The van der Waals surface area contributed by atoms with Gasteiger partial charge in [0.2, 0.25) is 10.0 Å². The number of hydrogen-bond donors (Lipinski definition) is 2. The van der Waals surface area contributed by atoms with Gasteiger partial charge in [-0.05, 0) is 37.6 Å². The highest BCUT2D eigenvalue weighted by atomic mass is 35.5. The Hall–Kier alpha value is -0.620. The molecule has 6 heteroatoms. The number of likely N-dealkylation sites (N-methyl/N-ethyl adjacent to an activating group) is 1. The average molecular weight is 321 g/mol. The lowest BCUT2D eigenvalue weighted by atomic mass is 10.1. The SMILES string of the molecule is CCCc1ccc(S(=O)(=O)NC[C@@H](C)NCC)cc1.Cl. The van der Waals surface area contributed by atoms with Crippen LogP contribution in [0, 0.1) is 0 Å². The van der Waals surface area contributed by atoms with E-state index in [2.05, 4.69) is 17.0 Å². The van der Waals surface area contributed by atoms with Gasteiger partial charge in [-0.2, -0.15) is 0 Å². The molecule has 0 heterocycles. The lowest BCUT2D eigenvalue weighted by Crippen LogP contribution is -2.38. The molecule has 0 aliphatic carbocycles. The van der Waals surface area contributed by atoms with E-state index in [4.69, 9.17) is 0 Å². The van der Waals surface area contributed by atoms with Crippen molar-refractivity contribution in [2.24, 2.45) is 0 Å². The van der Waals surface area contributed by atoms with Crippen molar-refractivity contribution < 1.29 is 8.42 Å². The number of benzene rings is 1. The second-order valence-corrected chi connectivity index (χ2v) is 6.47. The predicted octanol–water partition coefficient (Wildman–Crippen LogP) is 2.34. The molecule has 0 aliphatic heterocycles. The van der Waals surface area contributed by atoms with E-state index in [0.717, 1.165) is 19.4 Å². The van der Waals surface area contributed by atoms with Gasteiger partial charge < -0.3 is 5.32 Å². The molecule has 116 valence electrons. The Morgan fingerprint density at radius 2 is 1.75 bits per heavy atom. The molecule has 2 N–H and O–H groups in total. The minimum absolute atomic E-state index is 0. The maximum absolute atomic E-state index is 12.1. The molecule has 0 fully saturated rings. The molecular formula is C14H25ClN2O2S. The first-order chi connectivity index (χ1) is 8.99. The highest BCUT2D eigenvalue weighted by molar-refractivity contribution is 7.89. The summed E-state index contributed by atoms with van der Waals surface area (Å²) >= 11 is 0. The van der Waals surface area contributed by atoms with Crippen LogP contribution in [0.15, 0.2) is 29.2 Å². The van der Waals surface area contributed by atoms with E-state index < -0.39 is 10.0 Å². The van der Waals surface area contributed by atoms with Crippen LogP contribution in [0.4, 0.5) is 0 Å². The maximum Gasteiger partial charge on any atom is 0.240 e. The summed E-state index contributed by atoms with van der Waals surface area (Å²) < 4.78 is 26.8. The Labute approximate surface area is 128 Å². The summed E-state index contributed by atoms with van der Waals surface area (Å²) in [6.45, 7) is 7.28. The van der Waals surface area contributed by atoms with Crippen molar-refractivity contribution in [1.82, 2.24) is 10.0 Å². The zero-order valence-electron chi connectivity index (χ0n) is 12.3. The highest BCUT2D eigenvalue weighted by Crippen LogP contribution is 2.11. The number of nitrogens with one attached hydrogen (secondary N) is 2. The maximum atomic E-state index is 12.1. The summed E-state index contributed by atoms with van der Waals surface area (Å²) in [4.78, 5) is 0.330. The van der Waals surface area contributed by atoms with Gasteiger partial charge in [0.05, 0.1) is 4.90 Å². The quantitative estimate of drug-likeness (QED) is 0.773. The standard InChI is InChI=1S/C14H24N2O2S.ClH/c1-4-6-13-7-9-14(10-8-13)19(17,18)16-11-12(3)15-5-2;/h7-10,12,15-16H,4-6,11H2,1-3H3;1H/t12-;/m1./s1. The first kappa shape index (κ1) is 19.4. The van der Waals surface area contributed by atoms with Crippen molar-refractivity contribution >= 4 is 22.4 Å². The van der Waals surface area contributed by atoms with Gasteiger partial charge >= 0.3 is 0 Å². The molecule has 4 nitrogen and oxygen atoms in total. The summed E-state index contributed by atoms with van der Waals surface area (Å²) in [5.41, 5.74) is 1.17. The minimum Gasteiger partial charge on any atom is -0.313 e. The molecular weight excluding hydrogens is 296 g/mol. The Morgan fingerprint density at radius 3 is 2.25 bits per heavy atom. The fourth-order valence-electron chi connectivity index (χ4n) is 1.86. The first-order valence-corrected chi connectivity index (χ1v) is 8.30. The third-order valence-electron chi connectivity index (χ3n) is 2.90. The Kier molecular flexibility index (Phi) is 9.05. The summed E-state index contributed by atoms with van der Waals surface area (Å²) in [5.74, 6) is 0. The summed E-state index contributed by atoms with van der Waals surface area (Å²) in [5, 5.41) is 3.17. The Balaban J connectivity index is 0.00000361. The molecule has 0 bridgehead atoms. The van der Waals surface area contributed by atoms with E-state index >= 15 is 0 Å². The number of halogens is 1. The fourth-order valence-corrected chi connectivity index (χ4v) is 2.99. The molecule has 0 aliphatic rings. The Morgan fingerprint density at radius 1 is 1.15 bits per heavy atom. The van der Waals surface area contributed by atoms with E-state index in [9.17, 15) is 8.42 Å². The molecule has 0 unspecified atom stereocenters. The number of sulfonamides is 1. The molecule has 20 heavy (non-hydrogen) atoms. The number of rotatable bonds is 8. The summed E-state index contributed by atoms with van der Waals surface area (Å²) in [7, 11) is -3.40. The second-order valence-electron chi connectivity index (χ2n) is 4.70. The highest BCUT2D eigenvalue weighted by Gasteiger charge is 2.14. The normalized spacial score (nSPS) is 12.8. The van der Waals surface area contributed by atoms with Gasteiger partial charge in [0.15, 0.2) is 0 Å². The molecule has 1 aromatic carbocycles. The average Bonchev–Trinajstić information content (AvgIpc) is 2.38. The van der Waals surface area contributed by atoms with Crippen LogP contribution in [0.25, 0.3) is 0 Å². The van der Waals surface area contributed by atoms with E-state index in [1.54, 1.807) is 12.1 Å². The van der Waals surface area contributed by atoms with Crippen molar-refractivity contribution in [2.45, 2.75) is 44.6 Å². The number of hydrogen-bond acceptors (Lipinski definition) is 3. The van der Waals surface area contributed by atoms with Crippen molar-refractivity contribution in [3.63, 3.8) is 0 Å². The molecule has 0 saturated carbocycles. The van der Waals surface area contributed by atoms with Gasteiger partial charge in [-0.3, -0.25) is 0 Å². The molecule has 0 spiro atoms. The van der Waals surface area contributed by atoms with Crippen molar-refractivity contribution in [1.29, 1.82) is 0 Å². The van der Waals surface area contributed by atoms with E-state index in [1.807, 2.05) is 26.0 Å². The summed E-state index contributed by atoms with van der Waals surface area (Å²) in [6.07, 6.45) is 2.04. The lowest BCUT2D eigenvalue weighted by Gasteiger charge is -2.13. The van der Waals surface area contributed by atoms with Gasteiger partial charge in [-0.1, -0.05) is 32.4 Å². The van der Waals surface area contributed by atoms with Crippen LogP contribution in [0.1, 0.15) is 32.8 Å². The van der Waals surface area contributed by atoms with Crippen LogP contribution in [-0.4, -0.2) is 27.5 Å². The molecule has 0 aromatic heterocycles. The van der Waals surface area contributed by atoms with Gasteiger partial charge in [0.1, 0.15) is 0 Å². The molecule has 1 rings (SSSR count). The van der Waals surface area contributed by atoms with Crippen LogP contribution in [0.2, 0.25) is 0 Å². The zero-order chi connectivity index (χ0) is 14.3. The van der Waals surface area contributed by atoms with Crippen LogP contribution in [-0.2, 0) is 16.4 Å². The van der Waals surface area contributed by atoms with Gasteiger partial charge in [0, 0.05) is 12.6 Å². The van der Waals surface area contributed by atoms with Crippen LogP contribution >= 0.6 is 12.4 Å². The first-order valence-electron chi connectivity index (χ1n) is 6.81.